The Morgan fingerprint density at radius 3 is 2.90 bits per heavy atom. The minimum absolute atomic E-state index is 0.211. The van der Waals surface area contributed by atoms with Crippen molar-refractivity contribution in [3.63, 3.8) is 0 Å². The molecule has 0 saturated heterocycles. The van der Waals surface area contributed by atoms with Crippen molar-refractivity contribution < 1.29 is 9.94 Å². The van der Waals surface area contributed by atoms with Crippen LogP contribution in [-0.4, -0.2) is 35.2 Å². The van der Waals surface area contributed by atoms with E-state index < -0.39 is 0 Å². The van der Waals surface area contributed by atoms with Gasteiger partial charge < -0.3 is 20.6 Å². The van der Waals surface area contributed by atoms with E-state index in [1.165, 1.54) is 0 Å². The average molecular weight is 280 g/mol. The molecular formula is C14H24N4O2. The fraction of sp³-hybridized carbons (Fsp3) is 0.571. The molecule has 0 atom stereocenters. The van der Waals surface area contributed by atoms with Gasteiger partial charge in [0, 0.05) is 25.2 Å². The van der Waals surface area contributed by atoms with Crippen LogP contribution in [0.2, 0.25) is 0 Å². The Kier molecular flexibility index (Phi) is 6.63. The zero-order chi connectivity index (χ0) is 15.0. The third kappa shape index (κ3) is 4.60. The standard InChI is InChI=1S/C14H24N4O2/c1-4-10-20-12-6-5-8-16-14(12)18(11(2)3)9-7-13(15)17-19/h5-6,8,11,19H,4,7,9-10H2,1-3H3,(H2,15,17). The Hall–Kier alpha value is -1.98. The zero-order valence-corrected chi connectivity index (χ0v) is 12.4. The van der Waals surface area contributed by atoms with Crippen molar-refractivity contribution in [2.75, 3.05) is 18.1 Å². The topological polar surface area (TPSA) is 84.0 Å². The van der Waals surface area contributed by atoms with Gasteiger partial charge in [-0.05, 0) is 32.4 Å². The molecule has 1 heterocycles. The normalized spacial score (nSPS) is 11.7. The third-order valence-electron chi connectivity index (χ3n) is 2.85. The maximum Gasteiger partial charge on any atom is 0.171 e. The van der Waals surface area contributed by atoms with E-state index in [0.29, 0.717) is 19.6 Å². The Morgan fingerprint density at radius 1 is 1.55 bits per heavy atom. The summed E-state index contributed by atoms with van der Waals surface area (Å²) in [6.45, 7) is 7.49. The summed E-state index contributed by atoms with van der Waals surface area (Å²) in [5, 5.41) is 11.6. The molecular weight excluding hydrogens is 256 g/mol. The second-order valence-electron chi connectivity index (χ2n) is 4.80. The summed E-state index contributed by atoms with van der Waals surface area (Å²) in [6.07, 6.45) is 3.16. The van der Waals surface area contributed by atoms with Crippen LogP contribution in [-0.2, 0) is 0 Å². The minimum atomic E-state index is 0.211. The van der Waals surface area contributed by atoms with E-state index in [4.69, 9.17) is 15.7 Å². The molecule has 1 aromatic heterocycles. The van der Waals surface area contributed by atoms with Crippen LogP contribution in [0.4, 0.5) is 5.82 Å². The predicted molar refractivity (Wildman–Crippen MR) is 80.5 cm³/mol. The number of hydrogen-bond acceptors (Lipinski definition) is 5. The zero-order valence-electron chi connectivity index (χ0n) is 12.4. The molecule has 112 valence electrons. The first kappa shape index (κ1) is 16.1. The van der Waals surface area contributed by atoms with Crippen molar-refractivity contribution in [3.05, 3.63) is 18.3 Å². The molecule has 6 heteroatoms. The lowest BCUT2D eigenvalue weighted by Crippen LogP contribution is -2.35. The number of nitrogens with two attached hydrogens (primary N) is 1. The van der Waals surface area contributed by atoms with Gasteiger partial charge >= 0.3 is 0 Å². The van der Waals surface area contributed by atoms with E-state index in [2.05, 4.69) is 35.8 Å². The first-order valence-corrected chi connectivity index (χ1v) is 6.91. The van der Waals surface area contributed by atoms with Crippen molar-refractivity contribution in [1.82, 2.24) is 4.98 Å². The lowest BCUT2D eigenvalue weighted by atomic mass is 10.2. The second-order valence-corrected chi connectivity index (χ2v) is 4.80. The first-order valence-electron chi connectivity index (χ1n) is 6.91. The number of pyridine rings is 1. The van der Waals surface area contributed by atoms with Crippen molar-refractivity contribution in [2.45, 2.75) is 39.7 Å². The molecule has 1 rings (SSSR count). The number of ether oxygens (including phenoxy) is 1. The van der Waals surface area contributed by atoms with Crippen LogP contribution in [0.15, 0.2) is 23.5 Å². The number of amidine groups is 1. The summed E-state index contributed by atoms with van der Waals surface area (Å²) in [7, 11) is 0. The Bertz CT molecular complexity index is 435. The van der Waals surface area contributed by atoms with Crippen molar-refractivity contribution in [2.24, 2.45) is 10.9 Å². The highest BCUT2D eigenvalue weighted by Gasteiger charge is 2.17. The Morgan fingerprint density at radius 2 is 2.30 bits per heavy atom. The van der Waals surface area contributed by atoms with Gasteiger partial charge in [-0.15, -0.1) is 0 Å². The van der Waals surface area contributed by atoms with E-state index in [0.717, 1.165) is 18.0 Å². The second kappa shape index (κ2) is 8.24. The summed E-state index contributed by atoms with van der Waals surface area (Å²) >= 11 is 0. The van der Waals surface area contributed by atoms with Crippen LogP contribution in [0, 0.1) is 0 Å². The van der Waals surface area contributed by atoms with E-state index in [-0.39, 0.29) is 11.9 Å². The number of rotatable bonds is 8. The van der Waals surface area contributed by atoms with Gasteiger partial charge in [0.05, 0.1) is 6.61 Å². The SMILES string of the molecule is CCCOc1cccnc1N(CC/C(N)=N/O)C(C)C. The van der Waals surface area contributed by atoms with Crippen molar-refractivity contribution in [1.29, 1.82) is 0 Å². The van der Waals surface area contributed by atoms with E-state index >= 15 is 0 Å². The molecule has 0 fully saturated rings. The lowest BCUT2D eigenvalue weighted by molar-refractivity contribution is 0.315. The molecule has 1 aromatic rings. The predicted octanol–water partition coefficient (Wildman–Crippen LogP) is 2.22. The third-order valence-corrected chi connectivity index (χ3v) is 2.85. The molecule has 0 saturated carbocycles. The van der Waals surface area contributed by atoms with Gasteiger partial charge in [0.1, 0.15) is 5.84 Å². The van der Waals surface area contributed by atoms with Gasteiger partial charge in [0.25, 0.3) is 0 Å². The Labute approximate surface area is 120 Å². The minimum Gasteiger partial charge on any atom is -0.490 e. The van der Waals surface area contributed by atoms with Crippen molar-refractivity contribution in [3.8, 4) is 5.75 Å². The fourth-order valence-electron chi connectivity index (χ4n) is 1.82. The summed E-state index contributed by atoms with van der Waals surface area (Å²) in [6, 6.07) is 4.01. The molecule has 0 radical (unpaired) electrons. The van der Waals surface area contributed by atoms with E-state index in [1.54, 1.807) is 6.20 Å². The molecule has 20 heavy (non-hydrogen) atoms. The maximum absolute atomic E-state index is 8.63. The molecule has 0 unspecified atom stereocenters. The van der Waals surface area contributed by atoms with Crippen LogP contribution in [0.25, 0.3) is 0 Å². The van der Waals surface area contributed by atoms with Gasteiger partial charge in [0.15, 0.2) is 11.6 Å². The van der Waals surface area contributed by atoms with Crippen molar-refractivity contribution >= 4 is 11.7 Å². The fourth-order valence-corrected chi connectivity index (χ4v) is 1.82. The highest BCUT2D eigenvalue weighted by Crippen LogP contribution is 2.27. The number of hydrogen-bond donors (Lipinski definition) is 2. The molecule has 3 N–H and O–H groups in total. The van der Waals surface area contributed by atoms with Gasteiger partial charge in [-0.1, -0.05) is 12.1 Å². The van der Waals surface area contributed by atoms with E-state index in [9.17, 15) is 0 Å². The van der Waals surface area contributed by atoms with Gasteiger partial charge in [-0.2, -0.15) is 0 Å². The average Bonchev–Trinajstić information content (AvgIpc) is 2.45. The number of aromatic nitrogens is 1. The van der Waals surface area contributed by atoms with Gasteiger partial charge in [-0.25, -0.2) is 4.98 Å². The van der Waals surface area contributed by atoms with Crippen LogP contribution in [0.5, 0.6) is 5.75 Å². The first-order chi connectivity index (χ1) is 9.60. The highest BCUT2D eigenvalue weighted by molar-refractivity contribution is 5.80. The molecule has 0 aliphatic rings. The van der Waals surface area contributed by atoms with Gasteiger partial charge in [-0.3, -0.25) is 0 Å². The molecule has 0 aliphatic carbocycles. The number of oxime groups is 1. The highest BCUT2D eigenvalue weighted by atomic mass is 16.5. The summed E-state index contributed by atoms with van der Waals surface area (Å²) in [5.74, 6) is 1.77. The number of nitrogens with zero attached hydrogens (tertiary/aromatic N) is 3. The van der Waals surface area contributed by atoms with Crippen LogP contribution in [0.1, 0.15) is 33.6 Å². The molecule has 0 aliphatic heterocycles. The molecule has 0 bridgehead atoms. The number of anilines is 1. The molecule has 0 amide bonds. The monoisotopic (exact) mass is 280 g/mol. The maximum atomic E-state index is 8.63. The molecule has 6 nitrogen and oxygen atoms in total. The summed E-state index contributed by atoms with van der Waals surface area (Å²) in [5.41, 5.74) is 5.54. The summed E-state index contributed by atoms with van der Waals surface area (Å²) in [4.78, 5) is 6.50. The van der Waals surface area contributed by atoms with Crippen LogP contribution < -0.4 is 15.4 Å². The largest absolute Gasteiger partial charge is 0.490 e. The van der Waals surface area contributed by atoms with E-state index in [1.807, 2.05) is 12.1 Å². The molecule has 0 aromatic carbocycles. The molecule has 0 spiro atoms. The van der Waals surface area contributed by atoms with Crippen LogP contribution in [0.3, 0.4) is 0 Å². The van der Waals surface area contributed by atoms with Crippen LogP contribution >= 0.6 is 0 Å². The van der Waals surface area contributed by atoms with Gasteiger partial charge in [0.2, 0.25) is 0 Å². The smallest absolute Gasteiger partial charge is 0.171 e. The Balaban J connectivity index is 2.90. The summed E-state index contributed by atoms with van der Waals surface area (Å²) < 4.78 is 5.74. The quantitative estimate of drug-likeness (QED) is 0.330. The lowest BCUT2D eigenvalue weighted by Gasteiger charge is -2.29.